The van der Waals surface area contributed by atoms with Crippen LogP contribution in [0.1, 0.15) is 23.6 Å². The molecule has 2 aromatic heterocycles. The van der Waals surface area contributed by atoms with Crippen LogP contribution in [0.3, 0.4) is 0 Å². The lowest BCUT2D eigenvalue weighted by Crippen LogP contribution is -1.88. The highest BCUT2D eigenvalue weighted by molar-refractivity contribution is 7.99. The van der Waals surface area contributed by atoms with Crippen molar-refractivity contribution in [2.75, 3.05) is 0 Å². The number of nitrogens with zero attached hydrogens (tertiary/aromatic N) is 4. The molecule has 2 aromatic carbocycles. The summed E-state index contributed by atoms with van der Waals surface area (Å²) >= 11 is 1.39. The van der Waals surface area contributed by atoms with E-state index >= 15 is 0 Å². The van der Waals surface area contributed by atoms with Gasteiger partial charge >= 0.3 is 0 Å². The second-order valence-corrected chi connectivity index (χ2v) is 7.10. The van der Waals surface area contributed by atoms with Crippen molar-refractivity contribution >= 4 is 11.8 Å². The Balaban J connectivity index is 1.48. The molecule has 7 heteroatoms. The van der Waals surface area contributed by atoms with Crippen LogP contribution < -0.4 is 0 Å². The first-order chi connectivity index (χ1) is 12.7. The zero-order valence-corrected chi connectivity index (χ0v) is 15.1. The maximum atomic E-state index is 5.80. The summed E-state index contributed by atoms with van der Waals surface area (Å²) in [4.78, 5) is 0. The van der Waals surface area contributed by atoms with Gasteiger partial charge < -0.3 is 8.83 Å². The molecule has 0 unspecified atom stereocenters. The van der Waals surface area contributed by atoms with Gasteiger partial charge in [-0.1, -0.05) is 47.7 Å². The van der Waals surface area contributed by atoms with Crippen molar-refractivity contribution in [1.29, 1.82) is 0 Å². The lowest BCUT2D eigenvalue weighted by atomic mass is 10.1. The number of hydrogen-bond donors (Lipinski definition) is 0. The van der Waals surface area contributed by atoms with Gasteiger partial charge in [0, 0.05) is 11.1 Å². The van der Waals surface area contributed by atoms with E-state index in [2.05, 4.69) is 20.4 Å². The third kappa shape index (κ3) is 3.52. The van der Waals surface area contributed by atoms with Gasteiger partial charge in [0.25, 0.3) is 5.22 Å². The second kappa shape index (κ2) is 7.13. The highest BCUT2D eigenvalue weighted by Gasteiger charge is 2.19. The van der Waals surface area contributed by atoms with Crippen LogP contribution in [0.5, 0.6) is 0 Å². The summed E-state index contributed by atoms with van der Waals surface area (Å²) in [7, 11) is 0. The number of benzene rings is 2. The minimum atomic E-state index is -0.106. The van der Waals surface area contributed by atoms with E-state index in [0.717, 1.165) is 11.1 Å². The second-order valence-electron chi connectivity index (χ2n) is 5.81. The molecular formula is C19H16N4O2S. The fraction of sp³-hybridized carbons (Fsp3) is 0.158. The van der Waals surface area contributed by atoms with Crippen LogP contribution in [0.25, 0.3) is 22.9 Å². The van der Waals surface area contributed by atoms with E-state index in [1.54, 1.807) is 0 Å². The quantitative estimate of drug-likeness (QED) is 0.464. The predicted molar refractivity (Wildman–Crippen MR) is 98.5 cm³/mol. The Morgan fingerprint density at radius 3 is 2.19 bits per heavy atom. The summed E-state index contributed by atoms with van der Waals surface area (Å²) in [5.74, 6) is 1.51. The first kappa shape index (κ1) is 16.5. The van der Waals surface area contributed by atoms with E-state index in [1.165, 1.54) is 17.3 Å². The van der Waals surface area contributed by atoms with E-state index in [4.69, 9.17) is 8.83 Å². The SMILES string of the molecule is Cc1ccc(-c2nnc([C@H](C)Sc3nnc(-c4ccccc4)o3)o2)cc1. The summed E-state index contributed by atoms with van der Waals surface area (Å²) in [6.45, 7) is 4.00. The molecule has 0 aliphatic heterocycles. The van der Waals surface area contributed by atoms with Gasteiger partial charge in [-0.25, -0.2) is 0 Å². The van der Waals surface area contributed by atoms with Gasteiger partial charge in [-0.3, -0.25) is 0 Å². The van der Waals surface area contributed by atoms with Gasteiger partial charge in [0.1, 0.15) is 0 Å². The van der Waals surface area contributed by atoms with Crippen molar-refractivity contribution in [3.63, 3.8) is 0 Å². The maximum Gasteiger partial charge on any atom is 0.277 e. The Morgan fingerprint density at radius 1 is 0.769 bits per heavy atom. The fourth-order valence-corrected chi connectivity index (χ4v) is 3.08. The molecule has 0 amide bonds. The van der Waals surface area contributed by atoms with Gasteiger partial charge in [0.2, 0.25) is 17.7 Å². The molecule has 0 radical (unpaired) electrons. The lowest BCUT2D eigenvalue weighted by molar-refractivity contribution is 0.461. The smallest absolute Gasteiger partial charge is 0.277 e. The number of aryl methyl sites for hydroxylation is 1. The Kier molecular flexibility index (Phi) is 4.53. The standard InChI is InChI=1S/C19H16N4O2S/c1-12-8-10-15(11-9-12)17-21-20-16(24-17)13(2)26-19-23-22-18(25-19)14-6-4-3-5-7-14/h3-11,13H,1-2H3/t13-/m0/s1. The van der Waals surface area contributed by atoms with Crippen LogP contribution in [0.4, 0.5) is 0 Å². The summed E-state index contributed by atoms with van der Waals surface area (Å²) < 4.78 is 11.5. The van der Waals surface area contributed by atoms with Crippen molar-refractivity contribution < 1.29 is 8.83 Å². The number of rotatable bonds is 5. The van der Waals surface area contributed by atoms with Crippen LogP contribution in [0.2, 0.25) is 0 Å². The normalized spacial score (nSPS) is 12.2. The molecule has 0 fully saturated rings. The van der Waals surface area contributed by atoms with Gasteiger partial charge in [0.05, 0.1) is 5.25 Å². The van der Waals surface area contributed by atoms with Crippen LogP contribution in [-0.4, -0.2) is 20.4 Å². The van der Waals surface area contributed by atoms with Gasteiger partial charge in [-0.05, 0) is 38.1 Å². The molecule has 0 N–H and O–H groups in total. The van der Waals surface area contributed by atoms with Crippen LogP contribution in [0, 0.1) is 6.92 Å². The Labute approximate surface area is 154 Å². The fourth-order valence-electron chi connectivity index (χ4n) is 2.37. The Morgan fingerprint density at radius 2 is 1.42 bits per heavy atom. The monoisotopic (exact) mass is 364 g/mol. The van der Waals surface area contributed by atoms with Crippen molar-refractivity contribution in [3.8, 4) is 22.9 Å². The molecule has 2 heterocycles. The summed E-state index contributed by atoms with van der Waals surface area (Å²) in [5.41, 5.74) is 2.97. The predicted octanol–water partition coefficient (Wildman–Crippen LogP) is 4.95. The first-order valence-corrected chi connectivity index (χ1v) is 9.03. The molecule has 26 heavy (non-hydrogen) atoms. The van der Waals surface area contributed by atoms with E-state index in [0.29, 0.717) is 22.9 Å². The van der Waals surface area contributed by atoms with Gasteiger partial charge in [0.15, 0.2) is 0 Å². The van der Waals surface area contributed by atoms with Crippen molar-refractivity contribution in [1.82, 2.24) is 20.4 Å². The van der Waals surface area contributed by atoms with Gasteiger partial charge in [-0.2, -0.15) is 0 Å². The first-order valence-electron chi connectivity index (χ1n) is 8.15. The molecule has 130 valence electrons. The van der Waals surface area contributed by atoms with E-state index in [-0.39, 0.29) is 5.25 Å². The topological polar surface area (TPSA) is 77.8 Å². The number of hydrogen-bond acceptors (Lipinski definition) is 7. The minimum absolute atomic E-state index is 0.106. The summed E-state index contributed by atoms with van der Waals surface area (Å²) in [5, 5.41) is 16.8. The number of thioether (sulfide) groups is 1. The minimum Gasteiger partial charge on any atom is -0.419 e. The van der Waals surface area contributed by atoms with Crippen LogP contribution in [-0.2, 0) is 0 Å². The third-order valence-electron chi connectivity index (χ3n) is 3.79. The molecule has 1 atom stereocenters. The molecule has 4 aromatic rings. The lowest BCUT2D eigenvalue weighted by Gasteiger charge is -2.01. The zero-order chi connectivity index (χ0) is 17.9. The van der Waals surface area contributed by atoms with Crippen LogP contribution in [0.15, 0.2) is 68.7 Å². The Bertz CT molecular complexity index is 996. The summed E-state index contributed by atoms with van der Waals surface area (Å²) in [6.07, 6.45) is 0. The van der Waals surface area contributed by atoms with E-state index in [9.17, 15) is 0 Å². The summed E-state index contributed by atoms with van der Waals surface area (Å²) in [6, 6.07) is 17.6. The molecule has 0 aliphatic carbocycles. The molecule has 6 nitrogen and oxygen atoms in total. The molecule has 0 bridgehead atoms. The van der Waals surface area contributed by atoms with Crippen molar-refractivity contribution in [2.24, 2.45) is 0 Å². The number of aromatic nitrogens is 4. The Hall–Kier alpha value is -2.93. The molecule has 0 spiro atoms. The van der Waals surface area contributed by atoms with E-state index in [1.807, 2.05) is 68.4 Å². The van der Waals surface area contributed by atoms with Crippen molar-refractivity contribution in [2.45, 2.75) is 24.3 Å². The molecule has 0 saturated heterocycles. The van der Waals surface area contributed by atoms with Crippen LogP contribution >= 0.6 is 11.8 Å². The third-order valence-corrected chi connectivity index (χ3v) is 4.71. The molecular weight excluding hydrogens is 348 g/mol. The maximum absolute atomic E-state index is 5.80. The largest absolute Gasteiger partial charge is 0.419 e. The zero-order valence-electron chi connectivity index (χ0n) is 14.3. The van der Waals surface area contributed by atoms with E-state index < -0.39 is 0 Å². The van der Waals surface area contributed by atoms with Gasteiger partial charge in [-0.15, -0.1) is 20.4 Å². The highest BCUT2D eigenvalue weighted by atomic mass is 32.2. The molecule has 0 saturated carbocycles. The highest BCUT2D eigenvalue weighted by Crippen LogP contribution is 2.35. The average Bonchev–Trinajstić information content (AvgIpc) is 3.33. The molecule has 4 rings (SSSR count). The average molecular weight is 364 g/mol. The van der Waals surface area contributed by atoms with Crippen molar-refractivity contribution in [3.05, 3.63) is 66.1 Å². The molecule has 0 aliphatic rings.